The third-order valence-corrected chi connectivity index (χ3v) is 9.70. The van der Waals surface area contributed by atoms with Crippen LogP contribution in [-0.4, -0.2) is 44.7 Å². The van der Waals surface area contributed by atoms with Gasteiger partial charge in [-0.3, -0.25) is 9.78 Å². The number of H-pyrrole nitrogens is 2. The van der Waals surface area contributed by atoms with Crippen molar-refractivity contribution in [1.29, 1.82) is 0 Å². The second-order valence-corrected chi connectivity index (χ2v) is 12.7. The van der Waals surface area contributed by atoms with E-state index in [9.17, 15) is 9.59 Å². The summed E-state index contributed by atoms with van der Waals surface area (Å²) in [7, 11) is -0.397. The topological polar surface area (TPSA) is 93.4 Å². The first kappa shape index (κ1) is 19.1. The zero-order valence-corrected chi connectivity index (χ0v) is 16.3. The van der Waals surface area contributed by atoms with Gasteiger partial charge in [0.15, 0.2) is 8.32 Å². The minimum atomic E-state index is -2.02. The highest BCUT2D eigenvalue weighted by Gasteiger charge is 2.47. The standard InChI is InChI=1S/C16H28N2O5Si/c1-15(2,3)24(5,6)23-10-16(7-11(21-4)9-22-16)12-8-17-14(20)18-13(12)19/h8,11H,7,9-10H2,1-6H3,(H2,17,18,19,20)/t11-,16-/m0/s1. The summed E-state index contributed by atoms with van der Waals surface area (Å²) >= 11 is 0. The van der Waals surface area contributed by atoms with Crippen LogP contribution >= 0.6 is 0 Å². The number of methoxy groups -OCH3 is 1. The van der Waals surface area contributed by atoms with E-state index in [1.165, 1.54) is 6.20 Å². The number of aromatic nitrogens is 2. The summed E-state index contributed by atoms with van der Waals surface area (Å²) < 4.78 is 17.7. The fourth-order valence-corrected chi connectivity index (χ4v) is 3.54. The van der Waals surface area contributed by atoms with Crippen LogP contribution in [0.4, 0.5) is 0 Å². The molecule has 1 aromatic heterocycles. The van der Waals surface area contributed by atoms with Gasteiger partial charge in [-0.05, 0) is 18.1 Å². The molecule has 0 aliphatic carbocycles. The summed E-state index contributed by atoms with van der Waals surface area (Å²) in [5, 5.41) is 0.0465. The van der Waals surface area contributed by atoms with Crippen LogP contribution in [0.25, 0.3) is 0 Å². The highest BCUT2D eigenvalue weighted by atomic mass is 28.4. The monoisotopic (exact) mass is 356 g/mol. The number of rotatable bonds is 5. The molecule has 0 unspecified atom stereocenters. The van der Waals surface area contributed by atoms with Crippen molar-refractivity contribution < 1.29 is 13.9 Å². The van der Waals surface area contributed by atoms with Crippen molar-refractivity contribution in [3.8, 4) is 0 Å². The molecule has 1 aliphatic heterocycles. The average Bonchev–Trinajstić information content (AvgIpc) is 2.89. The highest BCUT2D eigenvalue weighted by molar-refractivity contribution is 6.74. The summed E-state index contributed by atoms with van der Waals surface area (Å²) in [6.07, 6.45) is 1.82. The maximum absolute atomic E-state index is 12.3. The van der Waals surface area contributed by atoms with Crippen molar-refractivity contribution in [1.82, 2.24) is 9.97 Å². The predicted molar refractivity (Wildman–Crippen MR) is 93.9 cm³/mol. The van der Waals surface area contributed by atoms with Crippen LogP contribution in [0, 0.1) is 0 Å². The second-order valence-electron chi connectivity index (χ2n) is 7.90. The Bertz CT molecular complexity index is 691. The third-order valence-electron chi connectivity index (χ3n) is 5.22. The Morgan fingerprint density at radius 1 is 1.38 bits per heavy atom. The molecule has 0 spiro atoms. The zero-order valence-electron chi connectivity index (χ0n) is 15.3. The molecule has 0 amide bonds. The van der Waals surface area contributed by atoms with Crippen LogP contribution < -0.4 is 11.2 Å². The van der Waals surface area contributed by atoms with Crippen molar-refractivity contribution in [2.24, 2.45) is 0 Å². The lowest BCUT2D eigenvalue weighted by Crippen LogP contribution is -2.47. The lowest BCUT2D eigenvalue weighted by molar-refractivity contribution is -0.0417. The molecule has 7 nitrogen and oxygen atoms in total. The largest absolute Gasteiger partial charge is 0.414 e. The molecule has 2 rings (SSSR count). The van der Waals surface area contributed by atoms with Gasteiger partial charge in [-0.15, -0.1) is 0 Å². The number of ether oxygens (including phenoxy) is 2. The van der Waals surface area contributed by atoms with E-state index < -0.39 is 25.2 Å². The molecule has 1 aliphatic rings. The number of hydrogen-bond acceptors (Lipinski definition) is 5. The molecule has 0 saturated carbocycles. The minimum Gasteiger partial charge on any atom is -0.414 e. The first-order valence-electron chi connectivity index (χ1n) is 8.14. The second kappa shape index (κ2) is 6.59. The lowest BCUT2D eigenvalue weighted by atomic mass is 9.93. The van der Waals surface area contributed by atoms with E-state index >= 15 is 0 Å². The Kier molecular flexibility index (Phi) is 5.24. The molecule has 1 saturated heterocycles. The van der Waals surface area contributed by atoms with Gasteiger partial charge in [0.05, 0.1) is 24.9 Å². The molecule has 0 radical (unpaired) electrons. The van der Waals surface area contributed by atoms with Crippen LogP contribution in [0.5, 0.6) is 0 Å². The van der Waals surface area contributed by atoms with E-state index in [4.69, 9.17) is 13.9 Å². The molecule has 2 atom stereocenters. The summed E-state index contributed by atoms with van der Waals surface area (Å²) in [6, 6.07) is 0. The number of hydrogen-bond donors (Lipinski definition) is 2. The molecule has 8 heteroatoms. The van der Waals surface area contributed by atoms with E-state index in [0.717, 1.165) is 0 Å². The van der Waals surface area contributed by atoms with Gasteiger partial charge in [0, 0.05) is 19.7 Å². The molecule has 1 fully saturated rings. The SMILES string of the molecule is CO[C@@H]1CO[C@@](CO[Si](C)(C)C(C)(C)C)(c2c[nH]c(=O)[nH]c2=O)C1. The Balaban J connectivity index is 2.36. The first-order valence-corrected chi connectivity index (χ1v) is 11.0. The Morgan fingerprint density at radius 2 is 2.04 bits per heavy atom. The Morgan fingerprint density at radius 3 is 2.54 bits per heavy atom. The van der Waals surface area contributed by atoms with Crippen LogP contribution in [0.3, 0.4) is 0 Å². The molecule has 1 aromatic rings. The van der Waals surface area contributed by atoms with Crippen LogP contribution in [0.1, 0.15) is 32.8 Å². The predicted octanol–water partition coefficient (Wildman–Crippen LogP) is 1.72. The Labute approximate surface area is 142 Å². The van der Waals surface area contributed by atoms with Crippen LogP contribution in [-0.2, 0) is 19.5 Å². The van der Waals surface area contributed by atoms with Gasteiger partial charge in [-0.2, -0.15) is 0 Å². The minimum absolute atomic E-state index is 0.0465. The molecule has 2 N–H and O–H groups in total. The van der Waals surface area contributed by atoms with Crippen molar-refractivity contribution in [2.45, 2.75) is 57.0 Å². The van der Waals surface area contributed by atoms with E-state index in [1.807, 2.05) is 0 Å². The van der Waals surface area contributed by atoms with Crippen LogP contribution in [0.2, 0.25) is 18.1 Å². The normalized spacial score (nSPS) is 25.2. The number of nitrogens with one attached hydrogen (secondary N) is 2. The fraction of sp³-hybridized carbons (Fsp3) is 0.750. The molecule has 24 heavy (non-hydrogen) atoms. The molecular weight excluding hydrogens is 328 g/mol. The van der Waals surface area contributed by atoms with Crippen molar-refractivity contribution in [2.75, 3.05) is 20.3 Å². The van der Waals surface area contributed by atoms with Gasteiger partial charge in [0.1, 0.15) is 5.60 Å². The first-order chi connectivity index (χ1) is 11.0. The fourth-order valence-electron chi connectivity index (χ4n) is 2.52. The Hall–Kier alpha value is -1.22. The molecular formula is C16H28N2O5Si. The maximum atomic E-state index is 12.3. The smallest absolute Gasteiger partial charge is 0.325 e. The van der Waals surface area contributed by atoms with Gasteiger partial charge >= 0.3 is 5.69 Å². The summed E-state index contributed by atoms with van der Waals surface area (Å²) in [4.78, 5) is 28.4. The lowest BCUT2D eigenvalue weighted by Gasteiger charge is -2.39. The van der Waals surface area contributed by atoms with Crippen molar-refractivity contribution in [3.05, 3.63) is 32.6 Å². The van der Waals surface area contributed by atoms with Crippen molar-refractivity contribution >= 4 is 8.32 Å². The maximum Gasteiger partial charge on any atom is 0.325 e. The quantitative estimate of drug-likeness (QED) is 0.784. The van der Waals surface area contributed by atoms with Gasteiger partial charge < -0.3 is 18.9 Å². The number of aromatic amines is 2. The molecule has 0 bridgehead atoms. The summed E-state index contributed by atoms with van der Waals surface area (Å²) in [5.74, 6) is 0. The third kappa shape index (κ3) is 3.71. The van der Waals surface area contributed by atoms with Gasteiger partial charge in [-0.25, -0.2) is 4.79 Å². The van der Waals surface area contributed by atoms with E-state index in [-0.39, 0.29) is 17.7 Å². The van der Waals surface area contributed by atoms with Gasteiger partial charge in [-0.1, -0.05) is 20.8 Å². The van der Waals surface area contributed by atoms with Crippen LogP contribution in [0.15, 0.2) is 15.8 Å². The zero-order chi connectivity index (χ0) is 18.2. The highest BCUT2D eigenvalue weighted by Crippen LogP contribution is 2.41. The van der Waals surface area contributed by atoms with Crippen molar-refractivity contribution in [3.63, 3.8) is 0 Å². The molecule has 136 valence electrons. The molecule has 0 aromatic carbocycles. The van der Waals surface area contributed by atoms with E-state index in [2.05, 4.69) is 43.8 Å². The average molecular weight is 356 g/mol. The molecule has 2 heterocycles. The van der Waals surface area contributed by atoms with E-state index in [1.54, 1.807) is 7.11 Å². The van der Waals surface area contributed by atoms with E-state index in [0.29, 0.717) is 18.6 Å². The van der Waals surface area contributed by atoms with Gasteiger partial charge in [0.2, 0.25) is 0 Å². The van der Waals surface area contributed by atoms with Gasteiger partial charge in [0.25, 0.3) is 5.56 Å². The summed E-state index contributed by atoms with van der Waals surface area (Å²) in [5.41, 5.74) is -1.52. The summed E-state index contributed by atoms with van der Waals surface area (Å²) in [6.45, 7) is 11.4.